The predicted octanol–water partition coefficient (Wildman–Crippen LogP) is 6.75. The number of halogens is 2. The van der Waals surface area contributed by atoms with Crippen molar-refractivity contribution in [1.82, 2.24) is 4.57 Å². The molecule has 0 aliphatic carbocycles. The van der Waals surface area contributed by atoms with Gasteiger partial charge in [0.25, 0.3) is 5.56 Å². The maximum atomic E-state index is 14.1. The number of aromatic nitrogens is 1. The van der Waals surface area contributed by atoms with E-state index in [1.807, 2.05) is 79.1 Å². The first kappa shape index (κ1) is 30.3. The van der Waals surface area contributed by atoms with Crippen LogP contribution in [-0.2, 0) is 9.53 Å². The van der Waals surface area contributed by atoms with Gasteiger partial charge in [0.2, 0.25) is 0 Å². The number of fused-ring (bicyclic) bond motifs is 1. The zero-order valence-electron chi connectivity index (χ0n) is 22.8. The molecule has 0 saturated heterocycles. The lowest BCUT2D eigenvalue weighted by atomic mass is 9.93. The normalized spacial score (nSPS) is 14.8. The summed E-state index contributed by atoms with van der Waals surface area (Å²) in [6.45, 7) is 6.02. The minimum Gasteiger partial charge on any atom is -0.487 e. The Morgan fingerprint density at radius 1 is 1.12 bits per heavy atom. The van der Waals surface area contributed by atoms with E-state index in [0.29, 0.717) is 33.0 Å². The molecule has 42 heavy (non-hydrogen) atoms. The van der Waals surface area contributed by atoms with Gasteiger partial charge >= 0.3 is 5.97 Å². The van der Waals surface area contributed by atoms with Crippen molar-refractivity contribution in [2.24, 2.45) is 4.99 Å². The van der Waals surface area contributed by atoms with Crippen LogP contribution in [0.1, 0.15) is 29.7 Å². The Morgan fingerprint density at radius 2 is 1.81 bits per heavy atom. The van der Waals surface area contributed by atoms with Gasteiger partial charge in [0.05, 0.1) is 37.4 Å². The van der Waals surface area contributed by atoms with E-state index in [-0.39, 0.29) is 12.2 Å². The van der Waals surface area contributed by atoms with Crippen molar-refractivity contribution < 1.29 is 14.3 Å². The molecular weight excluding hydrogens is 700 g/mol. The third-order valence-electron chi connectivity index (χ3n) is 6.47. The van der Waals surface area contributed by atoms with Crippen molar-refractivity contribution in [2.75, 3.05) is 19.5 Å². The van der Waals surface area contributed by atoms with Crippen molar-refractivity contribution >= 4 is 72.7 Å². The smallest absolute Gasteiger partial charge is 0.338 e. The molecule has 0 amide bonds. The van der Waals surface area contributed by atoms with E-state index in [4.69, 9.17) is 14.5 Å². The Bertz CT molecular complexity index is 1840. The molecule has 0 N–H and O–H groups in total. The van der Waals surface area contributed by atoms with Crippen LogP contribution in [0.15, 0.2) is 109 Å². The topological polar surface area (TPSA) is 69.9 Å². The molecule has 1 atom stereocenters. The number of carbonyl (C=O) groups is 1. The van der Waals surface area contributed by atoms with E-state index in [1.165, 1.54) is 11.3 Å². The lowest BCUT2D eigenvalue weighted by Crippen LogP contribution is -2.40. The average molecular weight is 727 g/mol. The van der Waals surface area contributed by atoms with Crippen molar-refractivity contribution in [1.29, 1.82) is 0 Å². The number of hydrogen-bond donors (Lipinski definition) is 0. The summed E-state index contributed by atoms with van der Waals surface area (Å²) in [5.41, 5.74) is 2.93. The van der Waals surface area contributed by atoms with Crippen molar-refractivity contribution in [2.45, 2.75) is 17.9 Å². The zero-order valence-corrected chi connectivity index (χ0v) is 27.6. The Labute approximate surface area is 268 Å². The van der Waals surface area contributed by atoms with Crippen LogP contribution in [0, 0.1) is 0 Å². The van der Waals surface area contributed by atoms with E-state index in [0.717, 1.165) is 30.5 Å². The summed E-state index contributed by atoms with van der Waals surface area (Å²) in [7, 11) is 0. The number of benzene rings is 3. The minimum atomic E-state index is -0.721. The maximum Gasteiger partial charge on any atom is 0.338 e. The van der Waals surface area contributed by atoms with Crippen molar-refractivity contribution in [3.63, 3.8) is 0 Å². The van der Waals surface area contributed by atoms with Gasteiger partial charge in [-0.1, -0.05) is 66.5 Å². The summed E-state index contributed by atoms with van der Waals surface area (Å²) in [4.78, 5) is 34.2. The summed E-state index contributed by atoms with van der Waals surface area (Å²) >= 11 is 10.1. The second-order valence-electron chi connectivity index (χ2n) is 9.12. The quantitative estimate of drug-likeness (QED) is 0.109. The maximum absolute atomic E-state index is 14.1. The molecule has 0 radical (unpaired) electrons. The highest BCUT2D eigenvalue weighted by Gasteiger charge is 2.35. The molecule has 6 nitrogen and oxygen atoms in total. The van der Waals surface area contributed by atoms with Crippen LogP contribution < -0.4 is 19.6 Å². The molecule has 1 aliphatic rings. The third-order valence-corrected chi connectivity index (χ3v) is 9.37. The number of rotatable bonds is 9. The molecule has 5 rings (SSSR count). The standard InChI is InChI=1S/C32H26Br2N2O4S2/c1-4-15-40-29-23(33)16-19(17-24(29)34)18-25-30(37)36-28(21-11-13-22(41-3)14-12-21)26(31(38)39-5-2)27(35-32(36)42-25)20-9-7-6-8-10-20/h4,6-14,16-18,28H,1,5,15H2,2-3H3/b25-18-/t28-/m1/s1. The van der Waals surface area contributed by atoms with Gasteiger partial charge in [-0.15, -0.1) is 11.8 Å². The van der Waals surface area contributed by atoms with Gasteiger partial charge in [-0.2, -0.15) is 0 Å². The van der Waals surface area contributed by atoms with Gasteiger partial charge in [0.1, 0.15) is 12.4 Å². The highest BCUT2D eigenvalue weighted by Crippen LogP contribution is 2.37. The van der Waals surface area contributed by atoms with Gasteiger partial charge in [0, 0.05) is 10.5 Å². The van der Waals surface area contributed by atoms with Crippen LogP contribution in [0.3, 0.4) is 0 Å². The monoisotopic (exact) mass is 724 g/mol. The Hall–Kier alpha value is -3.18. The Balaban J connectivity index is 1.76. The Morgan fingerprint density at radius 3 is 2.43 bits per heavy atom. The first-order valence-corrected chi connectivity index (χ1v) is 16.6. The second-order valence-corrected chi connectivity index (χ2v) is 12.7. The van der Waals surface area contributed by atoms with Crippen LogP contribution in [-0.4, -0.2) is 30.0 Å². The van der Waals surface area contributed by atoms with Crippen LogP contribution >= 0.6 is 55.0 Å². The van der Waals surface area contributed by atoms with E-state index < -0.39 is 12.0 Å². The summed E-state index contributed by atoms with van der Waals surface area (Å²) in [5, 5.41) is 0. The molecule has 2 heterocycles. The molecule has 0 saturated carbocycles. The zero-order chi connectivity index (χ0) is 29.8. The van der Waals surface area contributed by atoms with Crippen LogP contribution in [0.2, 0.25) is 0 Å². The van der Waals surface area contributed by atoms with E-state index >= 15 is 0 Å². The number of thiazole rings is 1. The van der Waals surface area contributed by atoms with E-state index in [9.17, 15) is 9.59 Å². The molecule has 0 fully saturated rings. The largest absolute Gasteiger partial charge is 0.487 e. The number of carbonyl (C=O) groups excluding carboxylic acids is 1. The molecular formula is C32H26Br2N2O4S2. The van der Waals surface area contributed by atoms with Crippen LogP contribution in [0.25, 0.3) is 11.8 Å². The number of esters is 1. The highest BCUT2D eigenvalue weighted by atomic mass is 79.9. The summed E-state index contributed by atoms with van der Waals surface area (Å²) in [6.07, 6.45) is 5.50. The van der Waals surface area contributed by atoms with Gasteiger partial charge in [0.15, 0.2) is 4.80 Å². The highest BCUT2D eigenvalue weighted by molar-refractivity contribution is 9.11. The molecule has 0 unspecified atom stereocenters. The molecule has 1 aromatic heterocycles. The molecule has 0 bridgehead atoms. The van der Waals surface area contributed by atoms with Gasteiger partial charge in [-0.3, -0.25) is 9.36 Å². The molecule has 0 spiro atoms. The fourth-order valence-electron chi connectivity index (χ4n) is 4.64. The Kier molecular flexibility index (Phi) is 9.67. The predicted molar refractivity (Wildman–Crippen MR) is 177 cm³/mol. The van der Waals surface area contributed by atoms with Gasteiger partial charge < -0.3 is 9.47 Å². The number of thioether (sulfide) groups is 1. The minimum absolute atomic E-state index is 0.198. The molecule has 3 aromatic carbocycles. The van der Waals surface area contributed by atoms with Gasteiger partial charge in [-0.25, -0.2) is 9.79 Å². The van der Waals surface area contributed by atoms with Gasteiger partial charge in [-0.05, 0) is 86.5 Å². The molecule has 10 heteroatoms. The lowest BCUT2D eigenvalue weighted by molar-refractivity contribution is -0.138. The first-order valence-electron chi connectivity index (χ1n) is 13.0. The van der Waals surface area contributed by atoms with E-state index in [1.54, 1.807) is 29.3 Å². The fourth-order valence-corrected chi connectivity index (χ4v) is 7.50. The van der Waals surface area contributed by atoms with Crippen molar-refractivity contribution in [3.8, 4) is 5.75 Å². The summed E-state index contributed by atoms with van der Waals surface area (Å²) < 4.78 is 14.8. The average Bonchev–Trinajstić information content (AvgIpc) is 3.30. The first-order chi connectivity index (χ1) is 20.4. The SMILES string of the molecule is C=CCOc1c(Br)cc(/C=c2\sc3n(c2=O)[C@H](c2ccc(SC)cc2)C(C(=O)OCC)=C(c2ccccc2)N=3)cc1Br. The lowest BCUT2D eigenvalue weighted by Gasteiger charge is -2.26. The van der Waals surface area contributed by atoms with E-state index in [2.05, 4.69) is 38.4 Å². The number of nitrogens with zero attached hydrogens (tertiary/aromatic N) is 2. The summed E-state index contributed by atoms with van der Waals surface area (Å²) in [6, 6.07) is 20.5. The fraction of sp³-hybridized carbons (Fsp3) is 0.156. The van der Waals surface area contributed by atoms with Crippen LogP contribution in [0.4, 0.5) is 0 Å². The third kappa shape index (κ3) is 6.13. The second kappa shape index (κ2) is 13.4. The molecule has 214 valence electrons. The van der Waals surface area contributed by atoms with Crippen molar-refractivity contribution in [3.05, 3.63) is 130 Å². The summed E-state index contributed by atoms with van der Waals surface area (Å²) in [5.74, 6) is 0.144. The molecule has 1 aliphatic heterocycles. The number of ether oxygens (including phenoxy) is 2. The number of hydrogen-bond acceptors (Lipinski definition) is 7. The van der Waals surface area contributed by atoms with Crippen LogP contribution in [0.5, 0.6) is 5.75 Å². The molecule has 4 aromatic rings.